The van der Waals surface area contributed by atoms with Crippen LogP contribution in [0.3, 0.4) is 0 Å². The summed E-state index contributed by atoms with van der Waals surface area (Å²) in [5.74, 6) is 1.40. The molecule has 0 aliphatic carbocycles. The standard InChI is InChI=1S/C23H23N3O4/c1-29-19-8-3-13(11-20(19)30-2)9-10-25-18-7-5-16(24)22-21(18)23(28)15-12-14(27)4-6-17(15)26-22/h3-8,11-12,25,27H,9-10,24H2,1-2H3,(H,26,28). The van der Waals surface area contributed by atoms with Crippen LogP contribution in [0.15, 0.2) is 53.3 Å². The summed E-state index contributed by atoms with van der Waals surface area (Å²) in [6.07, 6.45) is 0.721. The number of phenols is 1. The van der Waals surface area contributed by atoms with Gasteiger partial charge in [0.05, 0.1) is 36.3 Å². The van der Waals surface area contributed by atoms with Gasteiger partial charge in [0, 0.05) is 17.6 Å². The summed E-state index contributed by atoms with van der Waals surface area (Å²) in [7, 11) is 3.21. The summed E-state index contributed by atoms with van der Waals surface area (Å²) in [5, 5.41) is 14.0. The summed E-state index contributed by atoms with van der Waals surface area (Å²) >= 11 is 0. The zero-order chi connectivity index (χ0) is 21.3. The number of benzene rings is 3. The number of anilines is 2. The first-order valence-electron chi connectivity index (χ1n) is 9.54. The second-order valence-corrected chi connectivity index (χ2v) is 7.00. The number of rotatable bonds is 6. The summed E-state index contributed by atoms with van der Waals surface area (Å²) in [6.45, 7) is 0.603. The highest BCUT2D eigenvalue weighted by Crippen LogP contribution is 2.29. The molecule has 0 saturated heterocycles. The van der Waals surface area contributed by atoms with Gasteiger partial charge in [0.2, 0.25) is 0 Å². The molecule has 0 fully saturated rings. The highest BCUT2D eigenvalue weighted by molar-refractivity contribution is 6.04. The van der Waals surface area contributed by atoms with Crippen LogP contribution in [0.4, 0.5) is 11.4 Å². The predicted octanol–water partition coefficient (Wildman–Crippen LogP) is 3.64. The van der Waals surface area contributed by atoms with Crippen LogP contribution in [-0.2, 0) is 6.42 Å². The number of nitrogen functional groups attached to an aromatic ring is 1. The van der Waals surface area contributed by atoms with Gasteiger partial charge >= 0.3 is 0 Å². The van der Waals surface area contributed by atoms with Gasteiger partial charge in [-0.1, -0.05) is 6.07 Å². The molecule has 0 aliphatic rings. The Kier molecular flexibility index (Phi) is 5.10. The maximum absolute atomic E-state index is 13.1. The van der Waals surface area contributed by atoms with Gasteiger partial charge in [-0.15, -0.1) is 0 Å². The normalized spacial score (nSPS) is 11.0. The van der Waals surface area contributed by atoms with Crippen molar-refractivity contribution in [3.8, 4) is 17.2 Å². The lowest BCUT2D eigenvalue weighted by molar-refractivity contribution is 0.354. The first-order valence-corrected chi connectivity index (χ1v) is 9.54. The predicted molar refractivity (Wildman–Crippen MR) is 120 cm³/mol. The summed E-state index contributed by atoms with van der Waals surface area (Å²) in [5.41, 5.74) is 9.39. The maximum Gasteiger partial charge on any atom is 0.199 e. The fraction of sp³-hybridized carbons (Fsp3) is 0.174. The Labute approximate surface area is 173 Å². The number of pyridine rings is 1. The molecule has 1 aromatic heterocycles. The van der Waals surface area contributed by atoms with Crippen molar-refractivity contribution in [2.45, 2.75) is 6.42 Å². The maximum atomic E-state index is 13.1. The number of phenolic OH excluding ortho intramolecular Hbond substituents is 1. The molecule has 0 spiro atoms. The molecule has 0 radical (unpaired) electrons. The van der Waals surface area contributed by atoms with Crippen molar-refractivity contribution in [1.82, 2.24) is 4.98 Å². The lowest BCUT2D eigenvalue weighted by atomic mass is 10.1. The van der Waals surface area contributed by atoms with E-state index in [9.17, 15) is 9.90 Å². The molecule has 0 amide bonds. The van der Waals surface area contributed by atoms with Crippen LogP contribution >= 0.6 is 0 Å². The monoisotopic (exact) mass is 405 g/mol. The van der Waals surface area contributed by atoms with Gasteiger partial charge in [0.15, 0.2) is 16.9 Å². The number of hydrogen-bond acceptors (Lipinski definition) is 6. The van der Waals surface area contributed by atoms with Gasteiger partial charge in [0.1, 0.15) is 5.75 Å². The van der Waals surface area contributed by atoms with E-state index in [1.54, 1.807) is 32.4 Å². The Bertz CT molecular complexity index is 1300. The molecule has 4 rings (SSSR count). The van der Waals surface area contributed by atoms with Crippen molar-refractivity contribution in [2.75, 3.05) is 31.8 Å². The highest BCUT2D eigenvalue weighted by atomic mass is 16.5. The molecule has 30 heavy (non-hydrogen) atoms. The Morgan fingerprint density at radius 3 is 2.60 bits per heavy atom. The van der Waals surface area contributed by atoms with E-state index in [1.807, 2.05) is 18.2 Å². The number of aromatic amines is 1. The van der Waals surface area contributed by atoms with Gasteiger partial charge in [-0.2, -0.15) is 0 Å². The molecule has 154 valence electrons. The van der Waals surface area contributed by atoms with Gasteiger partial charge in [-0.05, 0) is 54.4 Å². The first-order chi connectivity index (χ1) is 14.5. The van der Waals surface area contributed by atoms with E-state index < -0.39 is 0 Å². The number of ether oxygens (including phenoxy) is 2. The van der Waals surface area contributed by atoms with Crippen LogP contribution in [0.5, 0.6) is 17.2 Å². The molecule has 0 atom stereocenters. The van der Waals surface area contributed by atoms with Crippen molar-refractivity contribution >= 4 is 33.2 Å². The Morgan fingerprint density at radius 2 is 1.83 bits per heavy atom. The van der Waals surface area contributed by atoms with Crippen LogP contribution in [0.1, 0.15) is 5.56 Å². The second kappa shape index (κ2) is 7.87. The minimum Gasteiger partial charge on any atom is -0.508 e. The number of methoxy groups -OCH3 is 2. The third-order valence-electron chi connectivity index (χ3n) is 5.15. The van der Waals surface area contributed by atoms with Crippen molar-refractivity contribution in [3.05, 3.63) is 64.3 Å². The molecule has 1 heterocycles. The molecule has 0 saturated carbocycles. The molecule has 7 nitrogen and oxygen atoms in total. The van der Waals surface area contributed by atoms with Crippen molar-refractivity contribution in [3.63, 3.8) is 0 Å². The number of aromatic hydroxyl groups is 1. The second-order valence-electron chi connectivity index (χ2n) is 7.00. The van der Waals surface area contributed by atoms with Crippen LogP contribution in [0.2, 0.25) is 0 Å². The highest BCUT2D eigenvalue weighted by Gasteiger charge is 2.13. The van der Waals surface area contributed by atoms with Gasteiger partial charge in [-0.3, -0.25) is 4.79 Å². The van der Waals surface area contributed by atoms with E-state index in [0.717, 1.165) is 12.0 Å². The lowest BCUT2D eigenvalue weighted by Gasteiger charge is -2.13. The minimum atomic E-state index is -0.185. The average molecular weight is 405 g/mol. The topological polar surface area (TPSA) is 110 Å². The van der Waals surface area contributed by atoms with Crippen LogP contribution in [0, 0.1) is 0 Å². The van der Waals surface area contributed by atoms with E-state index in [4.69, 9.17) is 15.2 Å². The SMILES string of the molecule is COc1ccc(CCNc2ccc(N)c3[nH]c4ccc(O)cc4c(=O)c23)cc1OC. The molecule has 0 aliphatic heterocycles. The molecular weight excluding hydrogens is 382 g/mol. The van der Waals surface area contributed by atoms with Crippen LogP contribution < -0.4 is 26.0 Å². The molecule has 3 aromatic carbocycles. The Morgan fingerprint density at radius 1 is 1.03 bits per heavy atom. The van der Waals surface area contributed by atoms with Gasteiger partial charge in [0.25, 0.3) is 0 Å². The lowest BCUT2D eigenvalue weighted by Crippen LogP contribution is -2.12. The number of fused-ring (bicyclic) bond motifs is 2. The fourth-order valence-corrected chi connectivity index (χ4v) is 3.61. The van der Waals surface area contributed by atoms with Crippen molar-refractivity contribution in [1.29, 1.82) is 0 Å². The first kappa shape index (κ1) is 19.4. The third-order valence-corrected chi connectivity index (χ3v) is 5.15. The zero-order valence-corrected chi connectivity index (χ0v) is 16.8. The number of nitrogens with two attached hydrogens (primary N) is 1. The number of hydrogen-bond donors (Lipinski definition) is 4. The molecule has 4 aromatic rings. The minimum absolute atomic E-state index is 0.0409. The van der Waals surface area contributed by atoms with E-state index in [1.165, 1.54) is 12.1 Å². The van der Waals surface area contributed by atoms with E-state index in [-0.39, 0.29) is 11.2 Å². The zero-order valence-electron chi connectivity index (χ0n) is 16.8. The van der Waals surface area contributed by atoms with Crippen LogP contribution in [-0.4, -0.2) is 30.9 Å². The smallest absolute Gasteiger partial charge is 0.199 e. The molecule has 0 bridgehead atoms. The molecular formula is C23H23N3O4. The quantitative estimate of drug-likeness (QED) is 0.288. The largest absolute Gasteiger partial charge is 0.508 e. The van der Waals surface area contributed by atoms with Crippen molar-refractivity contribution < 1.29 is 14.6 Å². The van der Waals surface area contributed by atoms with E-state index in [2.05, 4.69) is 10.3 Å². The third kappa shape index (κ3) is 3.45. The number of aromatic nitrogens is 1. The fourth-order valence-electron chi connectivity index (χ4n) is 3.61. The van der Waals surface area contributed by atoms with Gasteiger partial charge < -0.3 is 30.6 Å². The van der Waals surface area contributed by atoms with Gasteiger partial charge in [-0.25, -0.2) is 0 Å². The molecule has 0 unspecified atom stereocenters. The summed E-state index contributed by atoms with van der Waals surface area (Å²) < 4.78 is 10.6. The summed E-state index contributed by atoms with van der Waals surface area (Å²) in [4.78, 5) is 16.4. The summed E-state index contributed by atoms with van der Waals surface area (Å²) in [6, 6.07) is 14.0. The molecule has 7 heteroatoms. The number of H-pyrrole nitrogens is 1. The van der Waals surface area contributed by atoms with Crippen LogP contribution in [0.25, 0.3) is 21.8 Å². The molecule has 5 N–H and O–H groups in total. The average Bonchev–Trinajstić information content (AvgIpc) is 2.76. The number of nitrogens with one attached hydrogen (secondary N) is 2. The van der Waals surface area contributed by atoms with Crippen molar-refractivity contribution in [2.24, 2.45) is 0 Å². The Hall–Kier alpha value is -3.87. The van der Waals surface area contributed by atoms with E-state index in [0.29, 0.717) is 51.2 Å². The Balaban J connectivity index is 1.66. The van der Waals surface area contributed by atoms with E-state index >= 15 is 0 Å².